The van der Waals surface area contributed by atoms with Gasteiger partial charge >= 0.3 is 6.03 Å². The van der Waals surface area contributed by atoms with Gasteiger partial charge in [-0.25, -0.2) is 10.2 Å². The van der Waals surface area contributed by atoms with Gasteiger partial charge in [0.2, 0.25) is 0 Å². The van der Waals surface area contributed by atoms with Gasteiger partial charge < -0.3 is 5.73 Å². The Hall–Kier alpha value is -1.58. The quantitative estimate of drug-likeness (QED) is 0.299. The van der Waals surface area contributed by atoms with Crippen molar-refractivity contribution in [1.82, 2.24) is 5.43 Å². The van der Waals surface area contributed by atoms with Gasteiger partial charge in [0.05, 0.1) is 0 Å². The van der Waals surface area contributed by atoms with Crippen molar-refractivity contribution in [3.8, 4) is 0 Å². The fourth-order valence-corrected chi connectivity index (χ4v) is 5.90. The van der Waals surface area contributed by atoms with Crippen LogP contribution in [0.3, 0.4) is 0 Å². The number of nitrogens with two attached hydrogens (primary N) is 1. The molecule has 1 saturated carbocycles. The van der Waals surface area contributed by atoms with Crippen molar-refractivity contribution in [3.63, 3.8) is 0 Å². The largest absolute Gasteiger partial charge is 0.350 e. The standard InChI is InChI=1S/C24H41N3O/c1-17(9-7-10-19(3)26-27-22(25)28)11-13-20-18(2)12-14-21-23(4,5)15-8-16-24(20,21)6/h9,12,20-21H,7-8,10-11,13-16H2,1-6H3,(H3,25,27,28)/b17-9+,26-19+/t20-,21+,24+/m0/s1. The Labute approximate surface area is 172 Å². The fourth-order valence-electron chi connectivity index (χ4n) is 5.90. The number of hydrogen-bond donors (Lipinski definition) is 2. The zero-order chi connectivity index (χ0) is 20.9. The Morgan fingerprint density at radius 2 is 2.00 bits per heavy atom. The van der Waals surface area contributed by atoms with E-state index in [1.807, 2.05) is 6.92 Å². The molecular formula is C24H41N3O. The smallest absolute Gasteiger partial charge is 0.332 e. The minimum atomic E-state index is -0.611. The van der Waals surface area contributed by atoms with Gasteiger partial charge in [-0.3, -0.25) is 0 Å². The van der Waals surface area contributed by atoms with Crippen LogP contribution >= 0.6 is 0 Å². The Bertz CT molecular complexity index is 659. The number of carbonyl (C=O) groups excluding carboxylic acids is 1. The zero-order valence-electron chi connectivity index (χ0n) is 18.9. The molecule has 0 aromatic heterocycles. The molecule has 0 saturated heterocycles. The lowest BCUT2D eigenvalue weighted by molar-refractivity contribution is -0.0390. The van der Waals surface area contributed by atoms with Crippen molar-refractivity contribution in [2.75, 3.05) is 0 Å². The number of primary amides is 1. The summed E-state index contributed by atoms with van der Waals surface area (Å²) < 4.78 is 0. The first kappa shape index (κ1) is 22.7. The third kappa shape index (κ3) is 5.48. The number of carbonyl (C=O) groups is 1. The lowest BCUT2D eigenvalue weighted by Gasteiger charge is -2.57. The van der Waals surface area contributed by atoms with Gasteiger partial charge in [0.25, 0.3) is 0 Å². The van der Waals surface area contributed by atoms with Crippen LogP contribution < -0.4 is 11.2 Å². The minimum absolute atomic E-state index is 0.449. The van der Waals surface area contributed by atoms with Crippen LogP contribution in [0, 0.1) is 22.7 Å². The Morgan fingerprint density at radius 1 is 1.29 bits per heavy atom. The molecule has 158 valence electrons. The molecular weight excluding hydrogens is 346 g/mol. The number of amides is 2. The molecule has 0 bridgehead atoms. The summed E-state index contributed by atoms with van der Waals surface area (Å²) in [6.07, 6.45) is 14.5. The number of rotatable bonds is 7. The maximum Gasteiger partial charge on any atom is 0.332 e. The van der Waals surface area contributed by atoms with Gasteiger partial charge in [-0.2, -0.15) is 5.10 Å². The lowest BCUT2D eigenvalue weighted by atomic mass is 9.48. The molecule has 2 rings (SSSR count). The second-order valence-corrected chi connectivity index (χ2v) is 10.1. The highest BCUT2D eigenvalue weighted by Crippen LogP contribution is 2.60. The molecule has 28 heavy (non-hydrogen) atoms. The van der Waals surface area contributed by atoms with Crippen LogP contribution in [-0.4, -0.2) is 11.7 Å². The second kappa shape index (κ2) is 9.28. The normalized spacial score (nSPS) is 30.4. The van der Waals surface area contributed by atoms with E-state index in [4.69, 9.17) is 5.73 Å². The van der Waals surface area contributed by atoms with Crippen LogP contribution in [0.15, 0.2) is 28.4 Å². The number of allylic oxidation sites excluding steroid dienone is 4. The molecule has 0 aromatic rings. The SMILES string of the molecule is CC1=CC[C@@H]2C(C)(C)CCC[C@]2(C)[C@H]1CC/C(C)=C/CC/C(C)=N/NC(N)=O. The van der Waals surface area contributed by atoms with Gasteiger partial charge in [-0.1, -0.05) is 50.5 Å². The van der Waals surface area contributed by atoms with Crippen LogP contribution in [0.2, 0.25) is 0 Å². The van der Waals surface area contributed by atoms with Crippen LogP contribution in [0.4, 0.5) is 4.79 Å². The fraction of sp³-hybridized carbons (Fsp3) is 0.750. The number of fused-ring (bicyclic) bond motifs is 1. The molecule has 0 unspecified atom stereocenters. The van der Waals surface area contributed by atoms with E-state index >= 15 is 0 Å². The van der Waals surface area contributed by atoms with E-state index in [9.17, 15) is 4.79 Å². The van der Waals surface area contributed by atoms with E-state index in [0.717, 1.165) is 30.9 Å². The average Bonchev–Trinajstić information content (AvgIpc) is 2.58. The zero-order valence-corrected chi connectivity index (χ0v) is 18.9. The summed E-state index contributed by atoms with van der Waals surface area (Å²) in [6.45, 7) is 14.1. The van der Waals surface area contributed by atoms with Gasteiger partial charge in [0, 0.05) is 5.71 Å². The van der Waals surface area contributed by atoms with E-state index in [-0.39, 0.29) is 0 Å². The van der Waals surface area contributed by atoms with Crippen LogP contribution in [0.25, 0.3) is 0 Å². The number of urea groups is 1. The third-order valence-electron chi connectivity index (χ3n) is 7.48. The second-order valence-electron chi connectivity index (χ2n) is 10.1. The number of hydrogen-bond acceptors (Lipinski definition) is 2. The molecule has 2 aliphatic rings. The van der Waals surface area contributed by atoms with Crippen molar-refractivity contribution < 1.29 is 4.79 Å². The summed E-state index contributed by atoms with van der Waals surface area (Å²) >= 11 is 0. The van der Waals surface area contributed by atoms with Crippen LogP contribution in [-0.2, 0) is 0 Å². The summed E-state index contributed by atoms with van der Waals surface area (Å²) in [4.78, 5) is 10.7. The van der Waals surface area contributed by atoms with Gasteiger partial charge in [-0.15, -0.1) is 0 Å². The highest BCUT2D eigenvalue weighted by atomic mass is 16.2. The predicted molar refractivity (Wildman–Crippen MR) is 119 cm³/mol. The third-order valence-corrected chi connectivity index (χ3v) is 7.48. The molecule has 0 radical (unpaired) electrons. The molecule has 4 heteroatoms. The van der Waals surface area contributed by atoms with Crippen molar-refractivity contribution in [2.45, 2.75) is 92.9 Å². The van der Waals surface area contributed by atoms with Gasteiger partial charge in [0.15, 0.2) is 0 Å². The minimum Gasteiger partial charge on any atom is -0.350 e. The topological polar surface area (TPSA) is 67.5 Å². The highest BCUT2D eigenvalue weighted by Gasteiger charge is 2.51. The number of nitrogens with one attached hydrogen (secondary N) is 1. The summed E-state index contributed by atoms with van der Waals surface area (Å²) in [5, 5.41) is 3.97. The van der Waals surface area contributed by atoms with E-state index in [2.05, 4.69) is 57.3 Å². The molecule has 0 spiro atoms. The average molecular weight is 388 g/mol. The molecule has 2 amide bonds. The first-order chi connectivity index (χ1) is 13.1. The molecule has 0 heterocycles. The van der Waals surface area contributed by atoms with Crippen molar-refractivity contribution in [3.05, 3.63) is 23.3 Å². The molecule has 3 atom stereocenters. The maximum atomic E-state index is 10.7. The number of nitrogens with zero attached hydrogens (tertiary/aromatic N) is 1. The van der Waals surface area contributed by atoms with E-state index < -0.39 is 6.03 Å². The summed E-state index contributed by atoms with van der Waals surface area (Å²) in [5.41, 5.74) is 12.2. The molecule has 4 nitrogen and oxygen atoms in total. The Morgan fingerprint density at radius 3 is 2.68 bits per heavy atom. The van der Waals surface area contributed by atoms with Crippen LogP contribution in [0.1, 0.15) is 92.9 Å². The summed E-state index contributed by atoms with van der Waals surface area (Å²) in [7, 11) is 0. The Balaban J connectivity index is 1.95. The summed E-state index contributed by atoms with van der Waals surface area (Å²) in [5.74, 6) is 1.51. The monoisotopic (exact) mass is 387 g/mol. The molecule has 2 aliphatic carbocycles. The lowest BCUT2D eigenvalue weighted by Crippen LogP contribution is -2.48. The number of hydrazone groups is 1. The maximum absolute atomic E-state index is 10.7. The Kier molecular flexibility index (Phi) is 7.52. The van der Waals surface area contributed by atoms with Gasteiger partial charge in [-0.05, 0) is 88.4 Å². The molecule has 0 aromatic carbocycles. The van der Waals surface area contributed by atoms with Crippen molar-refractivity contribution in [1.29, 1.82) is 0 Å². The highest BCUT2D eigenvalue weighted by molar-refractivity contribution is 5.83. The molecule has 1 fully saturated rings. The van der Waals surface area contributed by atoms with E-state index in [1.165, 1.54) is 37.7 Å². The molecule has 3 N–H and O–H groups in total. The van der Waals surface area contributed by atoms with E-state index in [1.54, 1.807) is 5.57 Å². The first-order valence-corrected chi connectivity index (χ1v) is 11.0. The van der Waals surface area contributed by atoms with Crippen molar-refractivity contribution >= 4 is 11.7 Å². The van der Waals surface area contributed by atoms with Gasteiger partial charge in [0.1, 0.15) is 0 Å². The summed E-state index contributed by atoms with van der Waals surface area (Å²) in [6, 6.07) is -0.611. The first-order valence-electron chi connectivity index (χ1n) is 11.0. The predicted octanol–water partition coefficient (Wildman–Crippen LogP) is 6.34. The van der Waals surface area contributed by atoms with E-state index in [0.29, 0.717) is 16.7 Å². The van der Waals surface area contributed by atoms with Crippen LogP contribution in [0.5, 0.6) is 0 Å². The molecule has 0 aliphatic heterocycles. The van der Waals surface area contributed by atoms with Crippen molar-refractivity contribution in [2.24, 2.45) is 33.5 Å².